The number of carboxylic acids is 1. The van der Waals surface area contributed by atoms with E-state index in [1.54, 1.807) is 19.9 Å². The molecule has 33 heavy (non-hydrogen) atoms. The fraction of sp³-hybridized carbons (Fsp3) is 0.654. The minimum absolute atomic E-state index is 0.0310. The maximum absolute atomic E-state index is 12.6. The molecule has 3 unspecified atom stereocenters. The number of ether oxygens (including phenoxy) is 1. The van der Waals surface area contributed by atoms with E-state index < -0.39 is 36.2 Å². The molecule has 1 aliphatic rings. The summed E-state index contributed by atoms with van der Waals surface area (Å²) in [5.41, 5.74) is 1.20. The highest BCUT2D eigenvalue weighted by molar-refractivity contribution is 5.87. The third kappa shape index (κ3) is 8.80. The van der Waals surface area contributed by atoms with E-state index in [4.69, 9.17) is 9.84 Å². The van der Waals surface area contributed by atoms with E-state index in [1.165, 1.54) is 24.8 Å². The number of likely N-dealkylation sites (N-methyl/N-ethyl adjacent to an activating group) is 1. The van der Waals surface area contributed by atoms with Crippen LogP contribution in [0.3, 0.4) is 0 Å². The van der Waals surface area contributed by atoms with Gasteiger partial charge in [-0.05, 0) is 50.6 Å². The molecule has 0 bridgehead atoms. The quantitative estimate of drug-likeness (QED) is 0.443. The van der Waals surface area contributed by atoms with Crippen molar-refractivity contribution in [3.05, 3.63) is 29.8 Å². The molecule has 2 N–H and O–H groups in total. The number of carboxylic acid groups (broad SMARTS) is 1. The zero-order valence-corrected chi connectivity index (χ0v) is 21.1. The molecule has 7 heteroatoms. The average molecular weight is 463 g/mol. The largest absolute Gasteiger partial charge is 0.480 e. The first kappa shape index (κ1) is 28.6. The number of hydrogen-bond donors (Lipinski definition) is 2. The molecule has 1 saturated heterocycles. The Morgan fingerprint density at radius 3 is 2.42 bits per heavy atom. The lowest BCUT2D eigenvalue weighted by Gasteiger charge is -2.35. The number of aliphatic carboxylic acids is 1. The molecule has 0 radical (unpaired) electrons. The van der Waals surface area contributed by atoms with Crippen molar-refractivity contribution in [2.45, 2.75) is 72.1 Å². The van der Waals surface area contributed by atoms with Gasteiger partial charge in [-0.15, -0.1) is 0 Å². The molecule has 0 spiro atoms. The van der Waals surface area contributed by atoms with Crippen molar-refractivity contribution in [1.82, 2.24) is 10.2 Å². The van der Waals surface area contributed by atoms with Gasteiger partial charge in [0.1, 0.15) is 12.3 Å². The van der Waals surface area contributed by atoms with Crippen LogP contribution in [0.1, 0.15) is 72.3 Å². The highest BCUT2D eigenvalue weighted by Crippen LogP contribution is 2.37. The van der Waals surface area contributed by atoms with Crippen LogP contribution in [0.5, 0.6) is 5.75 Å². The minimum atomic E-state index is -1.13. The van der Waals surface area contributed by atoms with Gasteiger partial charge in [0, 0.05) is 17.9 Å². The number of carbonyl (C=O) groups is 3. The lowest BCUT2D eigenvalue weighted by Crippen LogP contribution is -2.39. The van der Waals surface area contributed by atoms with Crippen LogP contribution < -0.4 is 10.1 Å². The lowest BCUT2D eigenvalue weighted by atomic mass is 9.74. The van der Waals surface area contributed by atoms with E-state index in [1.807, 2.05) is 12.1 Å². The third-order valence-corrected chi connectivity index (χ3v) is 6.31. The van der Waals surface area contributed by atoms with E-state index in [9.17, 15) is 14.4 Å². The average Bonchev–Trinajstić information content (AvgIpc) is 2.99. The molecule has 0 aromatic heterocycles. The molecule has 2 rings (SSSR count). The Balaban J connectivity index is 0.00000172. The van der Waals surface area contributed by atoms with Crippen molar-refractivity contribution in [3.63, 3.8) is 0 Å². The number of hydrogen-bond acceptors (Lipinski definition) is 5. The molecular weight excluding hydrogens is 420 g/mol. The molecule has 1 heterocycles. The second kappa shape index (κ2) is 14.0. The van der Waals surface area contributed by atoms with Gasteiger partial charge in [-0.25, -0.2) is 0 Å². The number of nitrogens with zero attached hydrogens (tertiary/aromatic N) is 1. The van der Waals surface area contributed by atoms with Gasteiger partial charge in [-0.3, -0.25) is 14.4 Å². The van der Waals surface area contributed by atoms with Gasteiger partial charge in [0.2, 0.25) is 5.91 Å². The lowest BCUT2D eigenvalue weighted by molar-refractivity contribution is -0.144. The molecule has 1 fully saturated rings. The maximum atomic E-state index is 12.6. The summed E-state index contributed by atoms with van der Waals surface area (Å²) >= 11 is 0. The monoisotopic (exact) mass is 462 g/mol. The highest BCUT2D eigenvalue weighted by atomic mass is 16.5. The molecule has 0 aliphatic carbocycles. The van der Waals surface area contributed by atoms with Crippen molar-refractivity contribution in [3.8, 4) is 5.75 Å². The Bertz CT molecular complexity index is 782. The van der Waals surface area contributed by atoms with Gasteiger partial charge in [0.25, 0.3) is 0 Å². The molecule has 3 atom stereocenters. The van der Waals surface area contributed by atoms with Crippen molar-refractivity contribution >= 4 is 17.8 Å². The molecule has 1 aromatic carbocycles. The number of carbonyl (C=O) groups excluding carboxylic acids is 2. The van der Waals surface area contributed by atoms with Gasteiger partial charge in [0.15, 0.2) is 0 Å². The van der Waals surface area contributed by atoms with E-state index in [0.717, 1.165) is 25.9 Å². The minimum Gasteiger partial charge on any atom is -0.480 e. The Kier molecular flexibility index (Phi) is 12.1. The van der Waals surface area contributed by atoms with Gasteiger partial charge >= 0.3 is 11.9 Å². The number of benzene rings is 1. The number of esters is 1. The van der Waals surface area contributed by atoms with Crippen molar-refractivity contribution in [1.29, 1.82) is 0 Å². The first-order valence-corrected chi connectivity index (χ1v) is 12.1. The molecule has 1 aliphatic heterocycles. The summed E-state index contributed by atoms with van der Waals surface area (Å²) in [6, 6.07) is 7.72. The molecule has 186 valence electrons. The normalized spacial score (nSPS) is 20.4. The predicted octanol–water partition coefficient (Wildman–Crippen LogP) is 4.24. The summed E-state index contributed by atoms with van der Waals surface area (Å²) in [6.07, 6.45) is 5.71. The van der Waals surface area contributed by atoms with Crippen LogP contribution in [-0.4, -0.2) is 54.5 Å². The van der Waals surface area contributed by atoms with E-state index in [2.05, 4.69) is 44.1 Å². The van der Waals surface area contributed by atoms with Crippen LogP contribution in [0.4, 0.5) is 0 Å². The number of rotatable bonds is 8. The fourth-order valence-electron chi connectivity index (χ4n) is 4.10. The first-order chi connectivity index (χ1) is 15.6. The zero-order chi connectivity index (χ0) is 25.0. The number of likely N-dealkylation sites (tertiary alicyclic amines) is 1. The van der Waals surface area contributed by atoms with Crippen LogP contribution in [0.15, 0.2) is 24.3 Å². The summed E-state index contributed by atoms with van der Waals surface area (Å²) in [6.45, 7) is 11.3. The SMILES string of the molecule is CCC.CCC1(c2cccc(OC(=O)C(C)C(C)C(=O)NCC(=O)O)c2)CCCCN(C)C1. The summed E-state index contributed by atoms with van der Waals surface area (Å²) in [5, 5.41) is 11.0. The van der Waals surface area contributed by atoms with Gasteiger partial charge in [-0.1, -0.05) is 59.6 Å². The molecular formula is C26H42N2O5. The van der Waals surface area contributed by atoms with Crippen LogP contribution in [0.2, 0.25) is 0 Å². The van der Waals surface area contributed by atoms with Crippen molar-refractivity contribution in [2.24, 2.45) is 11.8 Å². The Morgan fingerprint density at radius 2 is 1.82 bits per heavy atom. The van der Waals surface area contributed by atoms with E-state index >= 15 is 0 Å². The van der Waals surface area contributed by atoms with Gasteiger partial charge in [-0.2, -0.15) is 0 Å². The highest BCUT2D eigenvalue weighted by Gasteiger charge is 2.34. The van der Waals surface area contributed by atoms with Gasteiger partial charge in [0.05, 0.1) is 5.92 Å². The van der Waals surface area contributed by atoms with Crippen molar-refractivity contribution in [2.75, 3.05) is 26.7 Å². The van der Waals surface area contributed by atoms with E-state index in [-0.39, 0.29) is 5.41 Å². The van der Waals surface area contributed by atoms with E-state index in [0.29, 0.717) is 5.75 Å². The number of nitrogens with one attached hydrogen (secondary N) is 1. The Morgan fingerprint density at radius 1 is 1.15 bits per heavy atom. The molecule has 1 amide bonds. The summed E-state index contributed by atoms with van der Waals surface area (Å²) in [4.78, 5) is 37.7. The Labute approximate surface area is 198 Å². The zero-order valence-electron chi connectivity index (χ0n) is 21.1. The predicted molar refractivity (Wildman–Crippen MR) is 130 cm³/mol. The standard InChI is InChI=1S/C23H34N2O5.C3H8/c1-5-23(11-6-7-12-25(4)15-23)18-9-8-10-19(13-18)30-22(29)17(3)16(2)21(28)24-14-20(26)27;1-3-2/h8-10,13,16-17H,5-7,11-12,14-15H2,1-4H3,(H,24,28)(H,26,27);3H2,1-2H3. The smallest absolute Gasteiger partial charge is 0.322 e. The van der Waals surface area contributed by atoms with Crippen LogP contribution in [0.25, 0.3) is 0 Å². The topological polar surface area (TPSA) is 95.9 Å². The molecule has 1 aromatic rings. The molecule has 7 nitrogen and oxygen atoms in total. The number of amides is 1. The van der Waals surface area contributed by atoms with Crippen LogP contribution in [-0.2, 0) is 19.8 Å². The second-order valence-electron chi connectivity index (χ2n) is 9.17. The van der Waals surface area contributed by atoms with Crippen LogP contribution >= 0.6 is 0 Å². The van der Waals surface area contributed by atoms with Gasteiger partial charge < -0.3 is 20.1 Å². The Hall–Kier alpha value is -2.41. The summed E-state index contributed by atoms with van der Waals surface area (Å²) < 4.78 is 5.60. The maximum Gasteiger partial charge on any atom is 0.322 e. The van der Waals surface area contributed by atoms with Crippen molar-refractivity contribution < 1.29 is 24.2 Å². The fourth-order valence-corrected chi connectivity index (χ4v) is 4.10. The second-order valence-corrected chi connectivity index (χ2v) is 9.17. The summed E-state index contributed by atoms with van der Waals surface area (Å²) in [7, 11) is 2.15. The molecule has 0 saturated carbocycles. The first-order valence-electron chi connectivity index (χ1n) is 12.1. The van der Waals surface area contributed by atoms with Crippen LogP contribution in [0, 0.1) is 11.8 Å². The summed E-state index contributed by atoms with van der Waals surface area (Å²) in [5.74, 6) is -3.04. The third-order valence-electron chi connectivity index (χ3n) is 6.31.